The van der Waals surface area contributed by atoms with Crippen molar-refractivity contribution in [3.8, 4) is 0 Å². The maximum Gasteiger partial charge on any atom is 0.184 e. The Kier molecular flexibility index (Phi) is 5.15. The first-order valence-electron chi connectivity index (χ1n) is 6.47. The lowest BCUT2D eigenvalue weighted by Crippen LogP contribution is -2.63. The summed E-state index contributed by atoms with van der Waals surface area (Å²) in [6, 6.07) is 0. The van der Waals surface area contributed by atoms with E-state index in [-0.39, 0.29) is 0 Å². The fourth-order valence-electron chi connectivity index (χ4n) is 2.57. The van der Waals surface area contributed by atoms with E-state index in [1.165, 1.54) is 0 Å². The van der Waals surface area contributed by atoms with Crippen LogP contribution in [0.2, 0.25) is 0 Å². The molecule has 1 unspecified atom stereocenters. The van der Waals surface area contributed by atoms with Crippen LogP contribution in [0.25, 0.3) is 0 Å². The summed E-state index contributed by atoms with van der Waals surface area (Å²) in [7, 11) is 0. The maximum atomic E-state index is 10.1. The minimum atomic E-state index is -1.85. The fourth-order valence-corrected chi connectivity index (χ4v) is 2.57. The van der Waals surface area contributed by atoms with Crippen LogP contribution in [0.4, 0.5) is 0 Å². The molecule has 10 atom stereocenters. The molecule has 124 valence electrons. The van der Waals surface area contributed by atoms with E-state index in [0.29, 0.717) is 0 Å². The summed E-state index contributed by atoms with van der Waals surface area (Å²) in [6.07, 6.45) is -16.0. The van der Waals surface area contributed by atoms with E-state index in [0.717, 1.165) is 0 Å². The van der Waals surface area contributed by atoms with Gasteiger partial charge >= 0.3 is 0 Å². The summed E-state index contributed by atoms with van der Waals surface area (Å²) >= 11 is 0. The van der Waals surface area contributed by atoms with Crippen LogP contribution in [0.15, 0.2) is 0 Å². The van der Waals surface area contributed by atoms with Crippen LogP contribution in [-0.2, 0) is 9.47 Å². The Morgan fingerprint density at radius 3 is 1.76 bits per heavy atom. The van der Waals surface area contributed by atoms with Gasteiger partial charge in [-0.2, -0.15) is 0 Å². The zero-order valence-corrected chi connectivity index (χ0v) is 10.9. The molecule has 0 aromatic carbocycles. The Hall–Kier alpha value is -0.400. The normalized spacial score (nSPS) is 52.9. The van der Waals surface area contributed by atoms with Crippen molar-refractivity contribution in [2.75, 3.05) is 6.61 Å². The molecule has 0 spiro atoms. The highest BCUT2D eigenvalue weighted by Crippen LogP contribution is 2.30. The summed E-state index contributed by atoms with van der Waals surface area (Å²) in [4.78, 5) is 0. The molecule has 0 saturated carbocycles. The maximum absolute atomic E-state index is 10.1. The predicted octanol–water partition coefficient (Wildman–Crippen LogP) is -5.37. The average Bonchev–Trinajstić information content (AvgIpc) is 2.76. The molecule has 0 bridgehead atoms. The number of hydrogen-bond donors (Lipinski definition) is 8. The third kappa shape index (κ3) is 2.92. The van der Waals surface area contributed by atoms with Crippen LogP contribution in [0.3, 0.4) is 0 Å². The van der Waals surface area contributed by atoms with Crippen molar-refractivity contribution in [3.63, 3.8) is 0 Å². The van der Waals surface area contributed by atoms with Gasteiger partial charge in [0.15, 0.2) is 6.29 Å². The smallest absolute Gasteiger partial charge is 0.184 e. The van der Waals surface area contributed by atoms with Crippen LogP contribution < -0.4 is 0 Å². The van der Waals surface area contributed by atoms with Gasteiger partial charge in [0.05, 0.1) is 6.61 Å². The molecule has 0 aromatic rings. The lowest BCUT2D eigenvalue weighted by atomic mass is 9.91. The van der Waals surface area contributed by atoms with E-state index in [4.69, 9.17) is 14.6 Å². The van der Waals surface area contributed by atoms with Crippen molar-refractivity contribution < 1.29 is 50.3 Å². The number of rotatable bonds is 3. The summed E-state index contributed by atoms with van der Waals surface area (Å²) < 4.78 is 9.90. The van der Waals surface area contributed by atoms with Gasteiger partial charge in [-0.15, -0.1) is 0 Å². The zero-order valence-electron chi connectivity index (χ0n) is 10.9. The topological polar surface area (TPSA) is 180 Å². The largest absolute Gasteiger partial charge is 0.394 e. The van der Waals surface area contributed by atoms with E-state index >= 15 is 0 Å². The highest BCUT2D eigenvalue weighted by atomic mass is 16.6. The average molecular weight is 312 g/mol. The summed E-state index contributed by atoms with van der Waals surface area (Å²) in [6.45, 7) is -0.598. The Morgan fingerprint density at radius 2 is 1.24 bits per heavy atom. The molecular formula is C11H20O10. The van der Waals surface area contributed by atoms with Crippen LogP contribution in [-0.4, -0.2) is 109 Å². The number of ether oxygens (including phenoxy) is 2. The van der Waals surface area contributed by atoms with E-state index in [9.17, 15) is 35.7 Å². The van der Waals surface area contributed by atoms with Gasteiger partial charge in [0.25, 0.3) is 0 Å². The first kappa shape index (κ1) is 17.0. The van der Waals surface area contributed by atoms with Gasteiger partial charge in [-0.05, 0) is 0 Å². The highest BCUT2D eigenvalue weighted by molar-refractivity contribution is 5.00. The van der Waals surface area contributed by atoms with E-state index in [2.05, 4.69) is 0 Å². The van der Waals surface area contributed by atoms with Crippen LogP contribution >= 0.6 is 0 Å². The van der Waals surface area contributed by atoms with Crippen LogP contribution in [0.5, 0.6) is 0 Å². The van der Waals surface area contributed by atoms with Crippen LogP contribution in [0.1, 0.15) is 0 Å². The molecule has 21 heavy (non-hydrogen) atoms. The van der Waals surface area contributed by atoms with Crippen molar-refractivity contribution in [2.45, 2.75) is 61.2 Å². The summed E-state index contributed by atoms with van der Waals surface area (Å²) in [5.74, 6) is 0. The quantitative estimate of drug-likeness (QED) is 0.250. The van der Waals surface area contributed by atoms with Crippen molar-refractivity contribution in [1.82, 2.24) is 0 Å². The third-order valence-corrected chi connectivity index (χ3v) is 3.88. The van der Waals surface area contributed by atoms with Crippen molar-refractivity contribution in [3.05, 3.63) is 0 Å². The van der Waals surface area contributed by atoms with Gasteiger partial charge in [0, 0.05) is 0 Å². The van der Waals surface area contributed by atoms with Gasteiger partial charge in [-0.25, -0.2) is 0 Å². The van der Waals surface area contributed by atoms with Crippen LogP contribution in [0, 0.1) is 0 Å². The number of aliphatic hydroxyl groups excluding tert-OH is 8. The van der Waals surface area contributed by atoms with E-state index in [1.54, 1.807) is 0 Å². The summed E-state index contributed by atoms with van der Waals surface area (Å²) in [5, 5.41) is 76.5. The molecule has 2 aliphatic heterocycles. The molecule has 0 amide bonds. The lowest BCUT2D eigenvalue weighted by Gasteiger charge is -2.41. The monoisotopic (exact) mass is 312 g/mol. The zero-order chi connectivity index (χ0) is 15.9. The number of hydrogen-bond acceptors (Lipinski definition) is 10. The second kappa shape index (κ2) is 6.38. The van der Waals surface area contributed by atoms with Gasteiger partial charge in [-0.1, -0.05) is 0 Å². The molecule has 2 rings (SSSR count). The third-order valence-electron chi connectivity index (χ3n) is 3.88. The van der Waals surface area contributed by atoms with Gasteiger partial charge in [0.1, 0.15) is 54.9 Å². The Labute approximate surface area is 119 Å². The molecule has 0 aliphatic carbocycles. The molecule has 0 radical (unpaired) electrons. The molecule has 10 nitrogen and oxygen atoms in total. The van der Waals surface area contributed by atoms with Gasteiger partial charge in [0.2, 0.25) is 0 Å². The van der Waals surface area contributed by atoms with Crippen molar-refractivity contribution >= 4 is 0 Å². The first-order valence-corrected chi connectivity index (χ1v) is 6.47. The van der Waals surface area contributed by atoms with Crippen molar-refractivity contribution in [2.24, 2.45) is 0 Å². The summed E-state index contributed by atoms with van der Waals surface area (Å²) in [5.41, 5.74) is 0. The predicted molar refractivity (Wildman–Crippen MR) is 62.7 cm³/mol. The molecule has 2 heterocycles. The van der Waals surface area contributed by atoms with Crippen molar-refractivity contribution in [1.29, 1.82) is 0 Å². The highest BCUT2D eigenvalue weighted by Gasteiger charge is 2.53. The fraction of sp³-hybridized carbons (Fsp3) is 1.00. The Balaban J connectivity index is 2.11. The second-order valence-corrected chi connectivity index (χ2v) is 5.26. The molecule has 8 N–H and O–H groups in total. The molecule has 2 saturated heterocycles. The minimum Gasteiger partial charge on any atom is -0.394 e. The first-order chi connectivity index (χ1) is 9.79. The number of aliphatic hydroxyl groups is 8. The standard InChI is InChI=1S/C11H20O10/c12-1-2-3(13)5(15)9(20-2)8(18)10-6(16)4(14)7(17)11(19)21-10/h2-19H,1H2/t2-,3-,4+,5+,6+,7-,8?,9-,10+,11+/m1/s1. The molecule has 2 aliphatic rings. The minimum absolute atomic E-state index is 0.598. The Morgan fingerprint density at radius 1 is 0.714 bits per heavy atom. The lowest BCUT2D eigenvalue weighted by molar-refractivity contribution is -0.305. The molecular weight excluding hydrogens is 292 g/mol. The molecule has 2 fully saturated rings. The Bertz CT molecular complexity index is 354. The van der Waals surface area contributed by atoms with E-state index in [1.807, 2.05) is 0 Å². The second-order valence-electron chi connectivity index (χ2n) is 5.26. The molecule has 10 heteroatoms. The molecule has 0 aromatic heterocycles. The SMILES string of the molecule is OC[C@H]1O[C@@H](C(O)[C@H]2O[C@H](O)[C@H](O)[C@@H](O)[C@@H]2O)[C@@H](O)[C@@H]1O. The van der Waals surface area contributed by atoms with Gasteiger partial charge in [-0.3, -0.25) is 0 Å². The van der Waals surface area contributed by atoms with E-state index < -0.39 is 67.8 Å². The van der Waals surface area contributed by atoms with Gasteiger partial charge < -0.3 is 50.3 Å².